The van der Waals surface area contributed by atoms with Gasteiger partial charge in [0.1, 0.15) is 108 Å². The Morgan fingerprint density at radius 3 is 0.742 bits per heavy atom. The van der Waals surface area contributed by atoms with Gasteiger partial charge in [0.25, 0.3) is 23.6 Å². The molecule has 6 amide bonds. The molecule has 9 aromatic rings. The number of nitrogens with zero attached hydrogens (tertiary/aromatic N) is 4. The van der Waals surface area contributed by atoms with Crippen LogP contribution in [-0.2, 0) is 66.7 Å². The lowest BCUT2D eigenvalue weighted by molar-refractivity contribution is -0.159. The van der Waals surface area contributed by atoms with Crippen LogP contribution in [0.5, 0.6) is 69.0 Å². The smallest absolute Gasteiger partial charge is 0.391 e. The summed E-state index contributed by atoms with van der Waals surface area (Å²) in [5.41, 5.74) is -1.83. The molecule has 0 radical (unpaired) electrons. The average Bonchev–Trinajstić information content (AvgIpc) is 0.668. The lowest BCUT2D eigenvalue weighted by Gasteiger charge is -2.38. The number of carbonyl (C=O) groups excluding carboxylic acids is 10. The summed E-state index contributed by atoms with van der Waals surface area (Å²) < 4.78 is 190. The highest BCUT2D eigenvalue weighted by molar-refractivity contribution is 6.45. The van der Waals surface area contributed by atoms with Crippen molar-refractivity contribution < 1.29 is 150 Å². The maximum absolute atomic E-state index is 16.6. The molecule has 36 heteroatoms. The number of carbonyl (C=O) groups is 10. The van der Waals surface area contributed by atoms with Crippen LogP contribution >= 0.6 is 0 Å². The van der Waals surface area contributed by atoms with E-state index in [2.05, 4.69) is 26.3 Å². The Balaban J connectivity index is 1.19. The van der Waals surface area contributed by atoms with Gasteiger partial charge in [-0.1, -0.05) is 78.3 Å². The number of halogens is 6. The molecule has 2 atom stereocenters. The van der Waals surface area contributed by atoms with E-state index in [1.165, 1.54) is 101 Å². The van der Waals surface area contributed by atoms with E-state index >= 15 is 55.1 Å². The molecular formula is C96H98F6N4O26. The van der Waals surface area contributed by atoms with Gasteiger partial charge < -0.3 is 85.6 Å². The van der Waals surface area contributed by atoms with Crippen LogP contribution in [0.3, 0.4) is 0 Å². The fourth-order valence-electron chi connectivity index (χ4n) is 14.6. The zero-order valence-corrected chi connectivity index (χ0v) is 73.8. The predicted molar refractivity (Wildman–Crippen MR) is 468 cm³/mol. The molecule has 0 N–H and O–H groups in total. The van der Waals surface area contributed by atoms with Gasteiger partial charge in [0, 0.05) is 116 Å². The number of methoxy groups -OCH3 is 4. The molecule has 2 aliphatic rings. The van der Waals surface area contributed by atoms with Gasteiger partial charge in [0.05, 0.1) is 116 Å². The van der Waals surface area contributed by atoms with Gasteiger partial charge >= 0.3 is 36.2 Å². The van der Waals surface area contributed by atoms with E-state index in [0.29, 0.717) is 0 Å². The second-order valence-electron chi connectivity index (χ2n) is 29.9. The van der Waals surface area contributed by atoms with E-state index in [9.17, 15) is 19.2 Å². The third kappa shape index (κ3) is 23.5. The maximum atomic E-state index is 16.6. The van der Waals surface area contributed by atoms with Crippen molar-refractivity contribution in [1.29, 1.82) is 0 Å². The van der Waals surface area contributed by atoms with E-state index in [1.807, 2.05) is 0 Å². The van der Waals surface area contributed by atoms with Gasteiger partial charge in [-0.25, -0.2) is 19.2 Å². The number of hydrogen-bond donors (Lipinski definition) is 0. The summed E-state index contributed by atoms with van der Waals surface area (Å²) >= 11 is 0. The number of alkyl halides is 6. The van der Waals surface area contributed by atoms with Crippen LogP contribution in [0.25, 0.3) is 43.1 Å². The summed E-state index contributed by atoms with van der Waals surface area (Å²) in [7, 11) is 5.36. The van der Waals surface area contributed by atoms with Crippen molar-refractivity contribution >= 4 is 102 Å². The molecule has 0 spiro atoms. The van der Waals surface area contributed by atoms with Gasteiger partial charge in [0.15, 0.2) is 0 Å². The van der Waals surface area contributed by atoms with Gasteiger partial charge in [-0.2, -0.15) is 26.3 Å². The molecule has 2 heterocycles. The number of esters is 4. The number of hydrogen-bond acceptors (Lipinski definition) is 26. The molecule has 132 heavy (non-hydrogen) atoms. The lowest BCUT2D eigenvalue weighted by Crippen LogP contribution is -2.56. The molecule has 11 rings (SSSR count). The van der Waals surface area contributed by atoms with Crippen molar-refractivity contribution in [3.05, 3.63) is 192 Å². The minimum absolute atomic E-state index is 0.0864. The quantitative estimate of drug-likeness (QED) is 0.00499. The van der Waals surface area contributed by atoms with Crippen molar-refractivity contribution in [2.45, 2.75) is 90.7 Å². The third-order valence-corrected chi connectivity index (χ3v) is 21.4. The molecule has 700 valence electrons. The van der Waals surface area contributed by atoms with Crippen molar-refractivity contribution in [2.75, 3.05) is 134 Å². The van der Waals surface area contributed by atoms with Crippen molar-refractivity contribution in [1.82, 2.24) is 19.6 Å². The third-order valence-electron chi connectivity index (χ3n) is 21.4. The summed E-state index contributed by atoms with van der Waals surface area (Å²) in [4.78, 5) is 150. The first-order valence-corrected chi connectivity index (χ1v) is 42.0. The molecule has 30 nitrogen and oxygen atoms in total. The molecule has 0 aliphatic carbocycles. The van der Waals surface area contributed by atoms with Crippen LogP contribution in [0.4, 0.5) is 26.3 Å². The summed E-state index contributed by atoms with van der Waals surface area (Å²) in [6, 6.07) is 22.4. The molecular weight excluding hydrogens is 1740 g/mol. The monoisotopic (exact) mass is 1840 g/mol. The van der Waals surface area contributed by atoms with E-state index in [-0.39, 0.29) is 200 Å². The van der Waals surface area contributed by atoms with E-state index in [1.54, 1.807) is 52.0 Å². The fourth-order valence-corrected chi connectivity index (χ4v) is 14.6. The van der Waals surface area contributed by atoms with Crippen molar-refractivity contribution in [3.8, 4) is 69.0 Å². The number of amides is 6. The van der Waals surface area contributed by atoms with Gasteiger partial charge in [0.2, 0.25) is 11.8 Å². The van der Waals surface area contributed by atoms with Crippen LogP contribution < -0.4 is 37.9 Å². The van der Waals surface area contributed by atoms with Crippen molar-refractivity contribution in [3.63, 3.8) is 0 Å². The minimum Gasteiger partial charge on any atom is -0.497 e. The second kappa shape index (κ2) is 44.7. The molecule has 0 saturated carbocycles. The summed E-state index contributed by atoms with van der Waals surface area (Å²) in [5, 5.41) is -2.07. The Kier molecular flexibility index (Phi) is 33.4. The Hall–Kier alpha value is -13.8. The molecule has 0 bridgehead atoms. The number of fused-ring (bicyclic) bond motifs is 2. The number of imide groups is 2. The van der Waals surface area contributed by atoms with Gasteiger partial charge in [-0.15, -0.1) is 0 Å². The van der Waals surface area contributed by atoms with Crippen LogP contribution in [0.15, 0.2) is 170 Å². The normalized spacial score (nSPS) is 12.9. The van der Waals surface area contributed by atoms with Gasteiger partial charge in [-0.3, -0.25) is 38.6 Å². The van der Waals surface area contributed by atoms with E-state index in [0.717, 1.165) is 34.1 Å². The Morgan fingerprint density at radius 1 is 0.318 bits per heavy atom. The highest BCUT2D eigenvalue weighted by Gasteiger charge is 2.51. The second-order valence-corrected chi connectivity index (χ2v) is 29.9. The molecule has 2 aliphatic heterocycles. The summed E-state index contributed by atoms with van der Waals surface area (Å²) in [6.45, 7) is 14.9. The number of benzene rings is 9. The topological polar surface area (TPSA) is 331 Å². The highest BCUT2D eigenvalue weighted by atomic mass is 19.4. The van der Waals surface area contributed by atoms with Crippen LogP contribution in [0, 0.1) is 0 Å². The van der Waals surface area contributed by atoms with Crippen LogP contribution in [0.2, 0.25) is 0 Å². The molecule has 0 fully saturated rings. The largest absolute Gasteiger partial charge is 0.497 e. The first-order chi connectivity index (χ1) is 63.2. The Labute approximate surface area is 754 Å². The van der Waals surface area contributed by atoms with Crippen molar-refractivity contribution in [2.24, 2.45) is 0 Å². The summed E-state index contributed by atoms with van der Waals surface area (Å²) in [5.74, 6) is -13.3. The maximum Gasteiger partial charge on any atom is 0.391 e. The first-order valence-electron chi connectivity index (χ1n) is 42.0. The standard InChI is InChI=1S/C96H98F6N4O26/c1-13-55(5)91(113)125-41-37-121-33-29-103(30-34-122-38-42-126-92(114)56(6)14-2)89(111)71(53-95(97,98)99)105-85(107)67-49-73(129-63-25-17-21-59(45-63)117-9)79-81-75(131-65-27-19-23-61(47-65)119-11)51-69-78-70(52-76(132-66-28-20-24-62(48-66)120-12)82(84(78)81)80-74(50-68(86(105)108)77(67)83(79)80)130-64-26-18-22-60(46-64)118-10)88(110)106(87(69)109)72(54-96(100,101)102)90(112)104(31-35-123-39-43-127-93(115)57(7)15-3)32-36-124-40-44-128-94(116)58(8)16-4/h17-28,45-52,71-72H,5-8,13-16,29-44,53-54H2,1-4,9-12H3. The van der Waals surface area contributed by atoms with Gasteiger partial charge in [-0.05, 0) is 98.5 Å². The highest BCUT2D eigenvalue weighted by Crippen LogP contribution is 2.59. The molecule has 9 aromatic carbocycles. The number of ether oxygens (including phenoxy) is 16. The zero-order valence-electron chi connectivity index (χ0n) is 73.8. The van der Waals surface area contributed by atoms with E-state index < -0.39 is 194 Å². The van der Waals surface area contributed by atoms with Crippen LogP contribution in [0.1, 0.15) is 108 Å². The zero-order chi connectivity index (χ0) is 95.4. The van der Waals surface area contributed by atoms with E-state index in [4.69, 9.17) is 75.8 Å². The molecule has 0 aromatic heterocycles. The Bertz CT molecular complexity index is 5230. The number of rotatable bonds is 50. The predicted octanol–water partition coefficient (Wildman–Crippen LogP) is 16.5. The molecule has 2 unspecified atom stereocenters. The Morgan fingerprint density at radius 2 is 0.538 bits per heavy atom. The lowest BCUT2D eigenvalue weighted by atomic mass is 9.80. The first kappa shape index (κ1) is 98.7. The summed E-state index contributed by atoms with van der Waals surface area (Å²) in [6.07, 6.45) is -14.0. The fraction of sp³-hybridized carbons (Fsp3) is 0.354. The minimum atomic E-state index is -5.37. The SMILES string of the molecule is C=C(CC)C(=O)OCCOCCN(CCOCCOC(=O)C(=C)CC)C(=O)C(CC(F)(F)F)N1C(=O)c2cc(Oc3cccc(OC)c3)c3c4c(Oc5cccc(OC)c5)cc5c6c(cc(Oc7cccc(OC)c7)c(c7c(Oc8cccc(OC)c8)cc(c2c37)C1=O)c64)C(=O)N(C(CC(F)(F)F)C(=O)N(CCOCCOC(=O)C(=C)CC)CCOCCOC(=O)C(=C)CC)C5=O. The average molecular weight is 1840 g/mol. The van der Waals surface area contributed by atoms with Crippen LogP contribution in [-0.4, -0.2) is 237 Å². The molecule has 0 saturated heterocycles.